The van der Waals surface area contributed by atoms with Crippen LogP contribution in [0.15, 0.2) is 90.9 Å². The van der Waals surface area contributed by atoms with E-state index in [1.165, 1.54) is 5.56 Å². The van der Waals surface area contributed by atoms with E-state index in [0.717, 1.165) is 63.5 Å². The lowest BCUT2D eigenvalue weighted by Gasteiger charge is -2.20. The van der Waals surface area contributed by atoms with Crippen LogP contribution in [-0.4, -0.2) is 29.0 Å². The minimum atomic E-state index is -0.111. The molecule has 3 N–H and O–H groups in total. The molecule has 3 aliphatic rings. The number of benzene rings is 3. The van der Waals surface area contributed by atoms with Gasteiger partial charge in [0.1, 0.15) is 6.17 Å². The number of nitrogens with zero attached hydrogens (tertiary/aromatic N) is 2. The highest BCUT2D eigenvalue weighted by molar-refractivity contribution is 6.28. The summed E-state index contributed by atoms with van der Waals surface area (Å²) in [5.74, 6) is -0.111. The summed E-state index contributed by atoms with van der Waals surface area (Å²) < 4.78 is 0. The van der Waals surface area contributed by atoms with E-state index in [-0.39, 0.29) is 12.1 Å². The van der Waals surface area contributed by atoms with Gasteiger partial charge in [-0.25, -0.2) is 0 Å². The van der Waals surface area contributed by atoms with E-state index in [1.807, 2.05) is 30.6 Å². The van der Waals surface area contributed by atoms with E-state index in [9.17, 15) is 4.79 Å². The third kappa shape index (κ3) is 3.72. The first-order valence-electron chi connectivity index (χ1n) is 12.2. The normalized spacial score (nSPS) is 18.1. The maximum Gasteiger partial charge on any atom is 0.258 e. The molecule has 3 aromatic carbocycles. The van der Waals surface area contributed by atoms with Crippen LogP contribution in [0.5, 0.6) is 0 Å². The fourth-order valence-corrected chi connectivity index (χ4v) is 5.27. The third-order valence-corrected chi connectivity index (χ3v) is 7.00. The van der Waals surface area contributed by atoms with Gasteiger partial charge in [0.25, 0.3) is 5.91 Å². The van der Waals surface area contributed by atoms with Crippen LogP contribution < -0.4 is 16.0 Å². The molecule has 36 heavy (non-hydrogen) atoms. The van der Waals surface area contributed by atoms with E-state index in [1.54, 1.807) is 0 Å². The number of carbonyl (C=O) groups is 1. The molecule has 0 saturated carbocycles. The largest absolute Gasteiger partial charge is 0.360 e. The van der Waals surface area contributed by atoms with Crippen molar-refractivity contribution < 1.29 is 4.79 Å². The minimum Gasteiger partial charge on any atom is -0.360 e. The van der Waals surface area contributed by atoms with Crippen molar-refractivity contribution in [2.75, 3.05) is 17.7 Å². The van der Waals surface area contributed by atoms with E-state index >= 15 is 0 Å². The molecule has 0 aliphatic carbocycles. The predicted octanol–water partition coefficient (Wildman–Crippen LogP) is 5.07. The number of hydrogen-bond acceptors (Lipinski definition) is 5. The molecule has 1 atom stereocenters. The number of pyridine rings is 1. The molecule has 8 bridgehead atoms. The highest BCUT2D eigenvalue weighted by atomic mass is 16.1. The summed E-state index contributed by atoms with van der Waals surface area (Å²) in [7, 11) is 2.13. The Morgan fingerprint density at radius 2 is 1.58 bits per heavy atom. The van der Waals surface area contributed by atoms with Crippen LogP contribution in [0.1, 0.15) is 16.7 Å². The summed E-state index contributed by atoms with van der Waals surface area (Å²) in [6, 6.07) is 25.1. The van der Waals surface area contributed by atoms with Crippen LogP contribution in [0.4, 0.5) is 11.4 Å². The Hall–Kier alpha value is -4.42. The fraction of sp³-hybridized carbons (Fsp3) is 0.133. The lowest BCUT2D eigenvalue weighted by Crippen LogP contribution is -2.19. The number of rotatable bonds is 0. The molecular weight excluding hydrogens is 446 g/mol. The Bertz CT molecular complexity index is 1570. The molecule has 176 valence electrons. The van der Waals surface area contributed by atoms with Gasteiger partial charge in [-0.2, -0.15) is 0 Å². The SMILES string of the molecule is CN1Cc2cccc(c2)-c2cccc(c2)NC(=O)C2=C3NC3Nc3ccc(cc32)-c2cncc(c2)C1. The van der Waals surface area contributed by atoms with Gasteiger partial charge in [0, 0.05) is 48.0 Å². The maximum atomic E-state index is 13.6. The molecule has 0 spiro atoms. The standard InChI is InChI=1S/C30H25N5O/c1-35-16-18-4-2-5-20(10-18)21-6-3-7-24(12-21)32-30(36)27-25-13-22(23-11-19(17-35)14-31-15-23)8-9-26(25)33-29-28(27)34-29/h2-15,29,33-34H,16-17H2,1H3,(H,32,36). The van der Waals surface area contributed by atoms with Gasteiger partial charge in [-0.15, -0.1) is 0 Å². The maximum absolute atomic E-state index is 13.6. The van der Waals surface area contributed by atoms with Crippen LogP contribution in [0.2, 0.25) is 0 Å². The molecule has 6 heteroatoms. The summed E-state index contributed by atoms with van der Waals surface area (Å²) in [6.45, 7) is 1.61. The summed E-state index contributed by atoms with van der Waals surface area (Å²) >= 11 is 0. The van der Waals surface area contributed by atoms with Gasteiger partial charge in [0.2, 0.25) is 0 Å². The topological polar surface area (TPSA) is 79.2 Å². The van der Waals surface area contributed by atoms with Gasteiger partial charge in [0.05, 0.1) is 11.3 Å². The number of anilines is 2. The van der Waals surface area contributed by atoms with Crippen molar-refractivity contribution in [1.29, 1.82) is 0 Å². The molecule has 6 nitrogen and oxygen atoms in total. The van der Waals surface area contributed by atoms with Gasteiger partial charge < -0.3 is 16.0 Å². The second-order valence-electron chi connectivity index (χ2n) is 9.76. The Balaban J connectivity index is 1.38. The van der Waals surface area contributed by atoms with Crippen LogP contribution >= 0.6 is 0 Å². The first-order chi connectivity index (χ1) is 17.6. The van der Waals surface area contributed by atoms with Gasteiger partial charge >= 0.3 is 0 Å². The average Bonchev–Trinajstić information content (AvgIpc) is 3.65. The Labute approximate surface area is 209 Å². The second kappa shape index (κ2) is 8.07. The second-order valence-corrected chi connectivity index (χ2v) is 9.76. The monoisotopic (exact) mass is 471 g/mol. The number of amides is 1. The van der Waals surface area contributed by atoms with E-state index < -0.39 is 0 Å². The zero-order valence-corrected chi connectivity index (χ0v) is 19.9. The third-order valence-electron chi connectivity index (χ3n) is 7.00. The number of fused-ring (bicyclic) bond motifs is 10. The van der Waals surface area contributed by atoms with Crippen molar-refractivity contribution in [2.45, 2.75) is 19.3 Å². The Morgan fingerprint density at radius 3 is 2.50 bits per heavy atom. The zero-order chi connectivity index (χ0) is 24.2. The van der Waals surface area contributed by atoms with E-state index in [2.05, 4.69) is 87.5 Å². The molecule has 4 aromatic rings. The van der Waals surface area contributed by atoms with Gasteiger partial charge in [-0.3, -0.25) is 14.7 Å². The highest BCUT2D eigenvalue weighted by Crippen LogP contribution is 2.41. The predicted molar refractivity (Wildman–Crippen MR) is 143 cm³/mol. The summed E-state index contributed by atoms with van der Waals surface area (Å²) in [6.07, 6.45) is 3.83. The van der Waals surface area contributed by atoms with Crippen molar-refractivity contribution >= 4 is 22.9 Å². The molecule has 1 saturated heterocycles. The Morgan fingerprint density at radius 1 is 0.806 bits per heavy atom. The Kier molecular flexibility index (Phi) is 4.69. The van der Waals surface area contributed by atoms with Crippen LogP contribution in [0.25, 0.3) is 27.8 Å². The van der Waals surface area contributed by atoms with Crippen molar-refractivity contribution in [1.82, 2.24) is 15.2 Å². The van der Waals surface area contributed by atoms with Gasteiger partial charge in [-0.1, -0.05) is 36.4 Å². The molecule has 3 aliphatic heterocycles. The number of carbonyl (C=O) groups excluding carboxylic acids is 1. The lowest BCUT2D eigenvalue weighted by molar-refractivity contribution is -0.111. The summed E-state index contributed by atoms with van der Waals surface area (Å²) in [5.41, 5.74) is 10.9. The smallest absolute Gasteiger partial charge is 0.258 e. The number of nitrogens with one attached hydrogen (secondary N) is 3. The zero-order valence-electron chi connectivity index (χ0n) is 19.9. The van der Waals surface area contributed by atoms with Crippen molar-refractivity contribution in [3.63, 3.8) is 0 Å². The van der Waals surface area contributed by atoms with E-state index in [0.29, 0.717) is 5.57 Å². The van der Waals surface area contributed by atoms with Crippen LogP contribution in [0, 0.1) is 0 Å². The molecule has 0 radical (unpaired) electrons. The van der Waals surface area contributed by atoms with E-state index in [4.69, 9.17) is 0 Å². The number of aromatic nitrogens is 1. The van der Waals surface area contributed by atoms with Crippen molar-refractivity contribution in [2.24, 2.45) is 0 Å². The summed E-state index contributed by atoms with van der Waals surface area (Å²) in [5, 5.41) is 9.93. The highest BCUT2D eigenvalue weighted by Gasteiger charge is 2.40. The first-order valence-corrected chi connectivity index (χ1v) is 12.2. The first kappa shape index (κ1) is 20.9. The average molecular weight is 472 g/mol. The minimum absolute atomic E-state index is 0.0107. The fourth-order valence-electron chi connectivity index (χ4n) is 5.27. The van der Waals surface area contributed by atoms with Crippen LogP contribution in [0.3, 0.4) is 0 Å². The number of hydrogen-bond donors (Lipinski definition) is 3. The quantitative estimate of drug-likeness (QED) is 0.312. The van der Waals surface area contributed by atoms with Crippen molar-refractivity contribution in [3.05, 3.63) is 108 Å². The van der Waals surface area contributed by atoms with Crippen LogP contribution in [-0.2, 0) is 17.9 Å². The molecule has 7 rings (SSSR count). The van der Waals surface area contributed by atoms with Gasteiger partial charge in [-0.05, 0) is 71.3 Å². The molecule has 1 aromatic heterocycles. The molecule has 1 amide bonds. The van der Waals surface area contributed by atoms with Gasteiger partial charge in [0.15, 0.2) is 0 Å². The summed E-state index contributed by atoms with van der Waals surface area (Å²) in [4.78, 5) is 20.4. The molecule has 1 unspecified atom stereocenters. The molecule has 4 heterocycles. The molecule has 1 fully saturated rings. The molecular formula is C30H25N5O. The lowest BCUT2D eigenvalue weighted by atomic mass is 9.94. The van der Waals surface area contributed by atoms with Crippen molar-refractivity contribution in [3.8, 4) is 22.3 Å².